The Kier molecular flexibility index (Phi) is 3.73. The molecule has 1 aromatic rings. The van der Waals surface area contributed by atoms with Crippen molar-refractivity contribution >= 4 is 27.2 Å². The summed E-state index contributed by atoms with van der Waals surface area (Å²) in [6.45, 7) is 0. The molecule has 1 atom stereocenters. The van der Waals surface area contributed by atoms with Gasteiger partial charge in [-0.3, -0.25) is 4.79 Å². The van der Waals surface area contributed by atoms with Gasteiger partial charge in [0.15, 0.2) is 9.84 Å². The maximum atomic E-state index is 13.4. The molecule has 0 spiro atoms. The maximum absolute atomic E-state index is 13.4. The van der Waals surface area contributed by atoms with Crippen LogP contribution in [0.4, 0.5) is 4.39 Å². The number of ketones is 1. The van der Waals surface area contributed by atoms with Crippen molar-refractivity contribution in [2.45, 2.75) is 12.8 Å². The predicted molar refractivity (Wildman–Crippen MR) is 66.9 cm³/mol. The first-order chi connectivity index (χ1) is 8.37. The fourth-order valence-corrected chi connectivity index (χ4v) is 4.03. The van der Waals surface area contributed by atoms with Crippen molar-refractivity contribution in [3.05, 3.63) is 34.6 Å². The number of hydrogen-bond acceptors (Lipinski definition) is 3. The highest BCUT2D eigenvalue weighted by molar-refractivity contribution is 7.91. The maximum Gasteiger partial charge on any atom is 0.151 e. The number of rotatable bonds is 3. The van der Waals surface area contributed by atoms with E-state index in [9.17, 15) is 17.6 Å². The lowest BCUT2D eigenvalue weighted by Gasteiger charge is -2.07. The molecule has 98 valence electrons. The number of sulfone groups is 1. The van der Waals surface area contributed by atoms with Gasteiger partial charge in [-0.25, -0.2) is 12.8 Å². The Morgan fingerprint density at radius 1 is 1.44 bits per heavy atom. The Hall–Kier alpha value is -0.940. The molecule has 0 radical (unpaired) electrons. The molecule has 18 heavy (non-hydrogen) atoms. The molecule has 1 aliphatic heterocycles. The molecule has 0 amide bonds. The third-order valence-electron chi connectivity index (χ3n) is 3.06. The number of halogens is 2. The van der Waals surface area contributed by atoms with Crippen molar-refractivity contribution in [2.24, 2.45) is 5.92 Å². The highest BCUT2D eigenvalue weighted by atomic mass is 35.5. The molecule has 6 heteroatoms. The van der Waals surface area contributed by atoms with Gasteiger partial charge in [-0.1, -0.05) is 11.6 Å². The Bertz CT molecular complexity index is 583. The van der Waals surface area contributed by atoms with Gasteiger partial charge in [-0.05, 0) is 30.2 Å². The van der Waals surface area contributed by atoms with E-state index in [-0.39, 0.29) is 29.3 Å². The summed E-state index contributed by atoms with van der Waals surface area (Å²) in [6, 6.07) is 4.01. The lowest BCUT2D eigenvalue weighted by molar-refractivity contribution is -0.121. The van der Waals surface area contributed by atoms with Crippen LogP contribution in [0.3, 0.4) is 0 Å². The first kappa shape index (κ1) is 13.5. The summed E-state index contributed by atoms with van der Waals surface area (Å²) in [5.41, 5.74) is 0.219. The first-order valence-corrected chi connectivity index (χ1v) is 7.74. The summed E-state index contributed by atoms with van der Waals surface area (Å²) in [5.74, 6) is -1.31. The zero-order valence-corrected chi connectivity index (χ0v) is 11.1. The monoisotopic (exact) mass is 290 g/mol. The zero-order valence-electron chi connectivity index (χ0n) is 9.53. The van der Waals surface area contributed by atoms with Crippen LogP contribution < -0.4 is 0 Å². The largest absolute Gasteiger partial charge is 0.299 e. The van der Waals surface area contributed by atoms with Crippen LogP contribution in [0.2, 0.25) is 5.02 Å². The third kappa shape index (κ3) is 3.09. The second-order valence-electron chi connectivity index (χ2n) is 4.48. The van der Waals surface area contributed by atoms with E-state index in [0.29, 0.717) is 11.4 Å². The fourth-order valence-electron chi connectivity index (χ4n) is 2.06. The van der Waals surface area contributed by atoms with E-state index in [2.05, 4.69) is 0 Å². The van der Waals surface area contributed by atoms with Crippen LogP contribution >= 0.6 is 11.6 Å². The number of carbonyl (C=O) groups is 1. The van der Waals surface area contributed by atoms with Gasteiger partial charge < -0.3 is 0 Å². The van der Waals surface area contributed by atoms with Gasteiger partial charge in [0.1, 0.15) is 11.6 Å². The molecule has 0 N–H and O–H groups in total. The van der Waals surface area contributed by atoms with Gasteiger partial charge in [0.2, 0.25) is 0 Å². The van der Waals surface area contributed by atoms with Crippen LogP contribution in [0.1, 0.15) is 12.0 Å². The van der Waals surface area contributed by atoms with Crippen LogP contribution in [0.25, 0.3) is 0 Å². The summed E-state index contributed by atoms with van der Waals surface area (Å²) < 4.78 is 36.0. The molecule has 2 rings (SSSR count). The van der Waals surface area contributed by atoms with Gasteiger partial charge in [-0.15, -0.1) is 0 Å². The van der Waals surface area contributed by atoms with E-state index in [1.54, 1.807) is 0 Å². The van der Waals surface area contributed by atoms with Gasteiger partial charge in [0, 0.05) is 17.4 Å². The van der Waals surface area contributed by atoms with Crippen molar-refractivity contribution in [1.29, 1.82) is 0 Å². The van der Waals surface area contributed by atoms with Crippen LogP contribution in [-0.4, -0.2) is 25.7 Å². The molecule has 1 unspecified atom stereocenters. The van der Waals surface area contributed by atoms with Crippen molar-refractivity contribution < 1.29 is 17.6 Å². The quantitative estimate of drug-likeness (QED) is 0.856. The molecular formula is C12H12ClFO3S. The Balaban J connectivity index is 2.10. The molecule has 3 nitrogen and oxygen atoms in total. The predicted octanol–water partition coefficient (Wildman–Crippen LogP) is 2.03. The minimum atomic E-state index is -3.09. The van der Waals surface area contributed by atoms with Crippen LogP contribution in [-0.2, 0) is 21.1 Å². The molecule has 1 heterocycles. The number of Topliss-reactive ketones (excluding diaryl/α,β-unsaturated/α-hetero) is 1. The number of hydrogen-bond donors (Lipinski definition) is 0. The lowest BCUT2D eigenvalue weighted by atomic mass is 9.97. The summed E-state index contributed by atoms with van der Waals surface area (Å²) in [7, 11) is -3.09. The van der Waals surface area contributed by atoms with Gasteiger partial charge in [-0.2, -0.15) is 0 Å². The molecule has 1 saturated heterocycles. The van der Waals surface area contributed by atoms with Gasteiger partial charge in [0.05, 0.1) is 11.5 Å². The second kappa shape index (κ2) is 4.97. The number of benzene rings is 1. The Labute approximate surface area is 110 Å². The second-order valence-corrected chi connectivity index (χ2v) is 7.14. The molecule has 0 aliphatic carbocycles. The summed E-state index contributed by atoms with van der Waals surface area (Å²) in [4.78, 5) is 11.9. The van der Waals surface area contributed by atoms with Crippen molar-refractivity contribution in [3.63, 3.8) is 0 Å². The van der Waals surface area contributed by atoms with Crippen LogP contribution in [0.15, 0.2) is 18.2 Å². The topological polar surface area (TPSA) is 51.2 Å². The average Bonchev–Trinajstić information content (AvgIpc) is 2.64. The van der Waals surface area contributed by atoms with Gasteiger partial charge in [0.25, 0.3) is 0 Å². The third-order valence-corrected chi connectivity index (χ3v) is 5.06. The molecular weight excluding hydrogens is 279 g/mol. The minimum Gasteiger partial charge on any atom is -0.299 e. The average molecular weight is 291 g/mol. The van der Waals surface area contributed by atoms with E-state index < -0.39 is 21.6 Å². The smallest absolute Gasteiger partial charge is 0.151 e. The molecule has 1 aliphatic rings. The van der Waals surface area contributed by atoms with Crippen molar-refractivity contribution in [2.75, 3.05) is 11.5 Å². The highest BCUT2D eigenvalue weighted by Crippen LogP contribution is 2.22. The SMILES string of the molecule is O=C(Cc1cc(Cl)ccc1F)C1CCS(=O)(=O)C1. The first-order valence-electron chi connectivity index (χ1n) is 5.54. The van der Waals surface area contributed by atoms with Crippen molar-refractivity contribution in [1.82, 2.24) is 0 Å². The molecule has 0 aromatic heterocycles. The molecule has 0 saturated carbocycles. The fraction of sp³-hybridized carbons (Fsp3) is 0.417. The molecule has 0 bridgehead atoms. The minimum absolute atomic E-state index is 0.0431. The normalized spacial score (nSPS) is 22.0. The van der Waals surface area contributed by atoms with Crippen LogP contribution in [0, 0.1) is 11.7 Å². The summed E-state index contributed by atoms with van der Waals surface area (Å²) in [5, 5.41) is 0.359. The molecule has 1 aromatic carbocycles. The lowest BCUT2D eigenvalue weighted by Crippen LogP contribution is -2.18. The summed E-state index contributed by atoms with van der Waals surface area (Å²) in [6.07, 6.45) is 0.232. The van der Waals surface area contributed by atoms with E-state index in [4.69, 9.17) is 11.6 Å². The van der Waals surface area contributed by atoms with Crippen molar-refractivity contribution in [3.8, 4) is 0 Å². The molecule has 1 fully saturated rings. The van der Waals surface area contributed by atoms with E-state index in [1.807, 2.05) is 0 Å². The van der Waals surface area contributed by atoms with Gasteiger partial charge >= 0.3 is 0 Å². The number of carbonyl (C=O) groups excluding carboxylic acids is 1. The summed E-state index contributed by atoms with van der Waals surface area (Å²) >= 11 is 5.73. The Morgan fingerprint density at radius 3 is 2.78 bits per heavy atom. The van der Waals surface area contributed by atoms with Crippen LogP contribution in [0.5, 0.6) is 0 Å². The van der Waals surface area contributed by atoms with E-state index >= 15 is 0 Å². The Morgan fingerprint density at radius 2 is 2.17 bits per heavy atom. The van der Waals surface area contributed by atoms with E-state index in [1.165, 1.54) is 18.2 Å². The van der Waals surface area contributed by atoms with E-state index in [0.717, 1.165) is 0 Å². The zero-order chi connectivity index (χ0) is 13.3. The highest BCUT2D eigenvalue weighted by Gasteiger charge is 2.32. The standard InChI is InChI=1S/C12H12ClFO3S/c13-10-1-2-11(14)9(5-10)6-12(15)8-3-4-18(16,17)7-8/h1-2,5,8H,3-4,6-7H2.